The van der Waals surface area contributed by atoms with Gasteiger partial charge in [0.1, 0.15) is 0 Å². The van der Waals surface area contributed by atoms with Gasteiger partial charge in [0, 0.05) is 6.04 Å². The number of aliphatic carboxylic acids is 1. The van der Waals surface area contributed by atoms with Gasteiger partial charge < -0.3 is 10.4 Å². The molecule has 4 heteroatoms. The van der Waals surface area contributed by atoms with Crippen molar-refractivity contribution < 1.29 is 14.7 Å². The van der Waals surface area contributed by atoms with E-state index < -0.39 is 11.9 Å². The minimum Gasteiger partial charge on any atom is -0.481 e. The van der Waals surface area contributed by atoms with Crippen molar-refractivity contribution in [1.82, 2.24) is 5.32 Å². The van der Waals surface area contributed by atoms with E-state index in [1.165, 1.54) is 0 Å². The minimum atomic E-state index is -0.833. The Hall–Kier alpha value is -1.06. The Labute approximate surface area is 96.4 Å². The van der Waals surface area contributed by atoms with Crippen LogP contribution in [0.15, 0.2) is 0 Å². The normalized spacial score (nSPS) is 26.4. The molecule has 0 aliphatic heterocycles. The zero-order chi connectivity index (χ0) is 12.1. The first-order chi connectivity index (χ1) is 7.56. The maximum Gasteiger partial charge on any atom is 0.307 e. The number of nitrogens with one attached hydrogen (secondary N) is 1. The van der Waals surface area contributed by atoms with E-state index in [0.717, 1.165) is 19.3 Å². The Bertz CT molecular complexity index is 265. The van der Waals surface area contributed by atoms with Crippen LogP contribution in [0.5, 0.6) is 0 Å². The molecular formula is C12H21NO3. The lowest BCUT2D eigenvalue weighted by Crippen LogP contribution is -2.39. The number of carbonyl (C=O) groups excluding carboxylic acids is 1. The van der Waals surface area contributed by atoms with Crippen molar-refractivity contribution in [2.45, 2.75) is 52.0 Å². The summed E-state index contributed by atoms with van der Waals surface area (Å²) in [5.74, 6) is -1.71. The molecule has 0 bridgehead atoms. The van der Waals surface area contributed by atoms with Gasteiger partial charge >= 0.3 is 5.97 Å². The fraction of sp³-hybridized carbons (Fsp3) is 0.833. The summed E-state index contributed by atoms with van der Waals surface area (Å²) in [6.45, 7) is 4.03. The van der Waals surface area contributed by atoms with E-state index in [-0.39, 0.29) is 17.9 Å². The Morgan fingerprint density at radius 3 is 2.56 bits per heavy atom. The largest absolute Gasteiger partial charge is 0.481 e. The van der Waals surface area contributed by atoms with Gasteiger partial charge in [-0.25, -0.2) is 0 Å². The topological polar surface area (TPSA) is 66.4 Å². The van der Waals surface area contributed by atoms with Crippen molar-refractivity contribution >= 4 is 11.9 Å². The van der Waals surface area contributed by atoms with E-state index >= 15 is 0 Å². The van der Waals surface area contributed by atoms with Crippen molar-refractivity contribution in [3.05, 3.63) is 0 Å². The van der Waals surface area contributed by atoms with Gasteiger partial charge in [-0.1, -0.05) is 19.8 Å². The zero-order valence-corrected chi connectivity index (χ0v) is 10.0. The second-order valence-electron chi connectivity index (χ2n) is 4.68. The Morgan fingerprint density at radius 2 is 2.00 bits per heavy atom. The first-order valence-corrected chi connectivity index (χ1v) is 6.09. The molecule has 3 atom stereocenters. The van der Waals surface area contributed by atoms with Gasteiger partial charge in [-0.05, 0) is 26.2 Å². The lowest BCUT2D eigenvalue weighted by molar-refractivity contribution is -0.146. The van der Waals surface area contributed by atoms with E-state index in [1.54, 1.807) is 0 Å². The molecule has 0 radical (unpaired) electrons. The lowest BCUT2D eigenvalue weighted by Gasteiger charge is -2.19. The third-order valence-electron chi connectivity index (χ3n) is 3.28. The summed E-state index contributed by atoms with van der Waals surface area (Å²) in [6.07, 6.45) is 4.15. The predicted molar refractivity (Wildman–Crippen MR) is 61.0 cm³/mol. The summed E-state index contributed by atoms with van der Waals surface area (Å²) >= 11 is 0. The molecule has 92 valence electrons. The maximum atomic E-state index is 11.9. The highest BCUT2D eigenvalue weighted by Gasteiger charge is 2.37. The highest BCUT2D eigenvalue weighted by atomic mass is 16.4. The van der Waals surface area contributed by atoms with Crippen LogP contribution < -0.4 is 5.32 Å². The van der Waals surface area contributed by atoms with Crippen molar-refractivity contribution in [2.24, 2.45) is 11.8 Å². The third kappa shape index (κ3) is 3.22. The fourth-order valence-corrected chi connectivity index (χ4v) is 2.42. The van der Waals surface area contributed by atoms with Crippen LogP contribution in [0.1, 0.15) is 46.0 Å². The van der Waals surface area contributed by atoms with E-state index in [9.17, 15) is 9.59 Å². The zero-order valence-electron chi connectivity index (χ0n) is 10.0. The predicted octanol–water partition coefficient (Wildman–Crippen LogP) is 1.79. The molecular weight excluding hydrogens is 206 g/mol. The fourth-order valence-electron chi connectivity index (χ4n) is 2.42. The van der Waals surface area contributed by atoms with Gasteiger partial charge in [0.25, 0.3) is 0 Å². The maximum absolute atomic E-state index is 11.9. The molecule has 0 aromatic rings. The van der Waals surface area contributed by atoms with Crippen molar-refractivity contribution in [3.8, 4) is 0 Å². The summed E-state index contributed by atoms with van der Waals surface area (Å²) in [5.41, 5.74) is 0. The van der Waals surface area contributed by atoms with Crippen molar-refractivity contribution in [1.29, 1.82) is 0 Å². The second kappa shape index (κ2) is 5.87. The van der Waals surface area contributed by atoms with Gasteiger partial charge in [0.05, 0.1) is 11.8 Å². The van der Waals surface area contributed by atoms with Crippen LogP contribution in [0.25, 0.3) is 0 Å². The van der Waals surface area contributed by atoms with Crippen LogP contribution >= 0.6 is 0 Å². The molecule has 4 nitrogen and oxygen atoms in total. The highest BCUT2D eigenvalue weighted by Crippen LogP contribution is 2.32. The molecule has 0 heterocycles. The molecule has 2 N–H and O–H groups in total. The number of hydrogen-bond donors (Lipinski definition) is 2. The summed E-state index contributed by atoms with van der Waals surface area (Å²) in [5, 5.41) is 11.9. The number of amides is 1. The van der Waals surface area contributed by atoms with Crippen LogP contribution in [-0.4, -0.2) is 23.0 Å². The van der Waals surface area contributed by atoms with Crippen LogP contribution in [0, 0.1) is 11.8 Å². The molecule has 1 saturated carbocycles. The summed E-state index contributed by atoms with van der Waals surface area (Å²) in [7, 11) is 0. The number of carboxylic acid groups (broad SMARTS) is 1. The molecule has 0 saturated heterocycles. The van der Waals surface area contributed by atoms with Crippen LogP contribution in [-0.2, 0) is 9.59 Å². The number of carbonyl (C=O) groups is 2. The molecule has 1 unspecified atom stereocenters. The quantitative estimate of drug-likeness (QED) is 0.752. The molecule has 16 heavy (non-hydrogen) atoms. The standard InChI is InChI=1S/C12H21NO3/c1-3-5-8(2)13-11(14)9-6-4-7-10(9)12(15)16/h8-10H,3-7H2,1-2H3,(H,13,14)(H,15,16)/t8?,9-,10+/m1/s1. The minimum absolute atomic E-state index is 0.0779. The summed E-state index contributed by atoms with van der Waals surface area (Å²) < 4.78 is 0. The van der Waals surface area contributed by atoms with Gasteiger partial charge in [0.15, 0.2) is 0 Å². The number of carboxylic acids is 1. The molecule has 1 aliphatic rings. The lowest BCUT2D eigenvalue weighted by atomic mass is 9.95. The van der Waals surface area contributed by atoms with Gasteiger partial charge in [-0.3, -0.25) is 9.59 Å². The second-order valence-corrected chi connectivity index (χ2v) is 4.68. The number of hydrogen-bond acceptors (Lipinski definition) is 2. The van der Waals surface area contributed by atoms with E-state index in [4.69, 9.17) is 5.11 Å². The molecule has 0 aromatic carbocycles. The van der Waals surface area contributed by atoms with Crippen molar-refractivity contribution in [3.63, 3.8) is 0 Å². The van der Waals surface area contributed by atoms with Crippen LogP contribution in [0.4, 0.5) is 0 Å². The first-order valence-electron chi connectivity index (χ1n) is 6.09. The highest BCUT2D eigenvalue weighted by molar-refractivity contribution is 5.85. The molecule has 1 amide bonds. The molecule has 0 aromatic heterocycles. The van der Waals surface area contributed by atoms with Gasteiger partial charge in [-0.2, -0.15) is 0 Å². The van der Waals surface area contributed by atoms with E-state index in [0.29, 0.717) is 12.8 Å². The van der Waals surface area contributed by atoms with E-state index in [1.807, 2.05) is 6.92 Å². The van der Waals surface area contributed by atoms with E-state index in [2.05, 4.69) is 12.2 Å². The average Bonchev–Trinajstić information content (AvgIpc) is 2.65. The average molecular weight is 227 g/mol. The third-order valence-corrected chi connectivity index (χ3v) is 3.28. The Kier molecular flexibility index (Phi) is 4.77. The Balaban J connectivity index is 2.49. The van der Waals surface area contributed by atoms with Crippen LogP contribution in [0.2, 0.25) is 0 Å². The molecule has 1 rings (SSSR count). The molecule has 1 fully saturated rings. The Morgan fingerprint density at radius 1 is 1.38 bits per heavy atom. The molecule has 1 aliphatic carbocycles. The number of rotatable bonds is 5. The van der Waals surface area contributed by atoms with Gasteiger partial charge in [0.2, 0.25) is 5.91 Å². The smallest absolute Gasteiger partial charge is 0.307 e. The molecule has 0 spiro atoms. The van der Waals surface area contributed by atoms with Gasteiger partial charge in [-0.15, -0.1) is 0 Å². The van der Waals surface area contributed by atoms with Crippen molar-refractivity contribution in [2.75, 3.05) is 0 Å². The summed E-state index contributed by atoms with van der Waals surface area (Å²) in [4.78, 5) is 22.8. The first kappa shape index (κ1) is 13.0. The summed E-state index contributed by atoms with van der Waals surface area (Å²) in [6, 6.07) is 0.146. The monoisotopic (exact) mass is 227 g/mol. The SMILES string of the molecule is CCCC(C)NC(=O)[C@@H]1CCC[C@@H]1C(=O)O. The van der Waals surface area contributed by atoms with Crippen LogP contribution in [0.3, 0.4) is 0 Å².